The first-order valence-electron chi connectivity index (χ1n) is 7.63. The molecule has 136 valence electrons. The lowest BCUT2D eigenvalue weighted by Gasteiger charge is -2.12. The highest BCUT2D eigenvalue weighted by molar-refractivity contribution is 7.89. The zero-order valence-corrected chi connectivity index (χ0v) is 14.8. The summed E-state index contributed by atoms with van der Waals surface area (Å²) in [4.78, 5) is 23.7. The fourth-order valence-corrected chi connectivity index (χ4v) is 2.48. The molecule has 0 aliphatic heterocycles. The third-order valence-electron chi connectivity index (χ3n) is 3.32. The minimum atomic E-state index is -3.80. The largest absolute Gasteiger partial charge is 0.449 e. The van der Waals surface area contributed by atoms with E-state index in [-0.39, 0.29) is 4.90 Å². The highest BCUT2D eigenvalue weighted by atomic mass is 32.2. The van der Waals surface area contributed by atoms with E-state index >= 15 is 0 Å². The molecule has 3 N–H and O–H groups in total. The number of esters is 1. The zero-order chi connectivity index (χ0) is 19.2. The van der Waals surface area contributed by atoms with E-state index in [0.29, 0.717) is 5.69 Å². The highest BCUT2D eigenvalue weighted by Gasteiger charge is 2.17. The van der Waals surface area contributed by atoms with Crippen molar-refractivity contribution in [3.05, 3.63) is 66.2 Å². The van der Waals surface area contributed by atoms with Crippen molar-refractivity contribution in [3.8, 4) is 0 Å². The first-order chi connectivity index (χ1) is 12.3. The molecule has 0 radical (unpaired) electrons. The van der Waals surface area contributed by atoms with Gasteiger partial charge >= 0.3 is 5.97 Å². The Kier molecular flexibility index (Phi) is 6.26. The van der Waals surface area contributed by atoms with Gasteiger partial charge in [0.2, 0.25) is 10.0 Å². The van der Waals surface area contributed by atoms with Crippen molar-refractivity contribution < 1.29 is 22.7 Å². The standard InChI is InChI=1S/C18H18N2O5S/c1-13(25-17(21)12-7-14-5-3-2-4-6-14)18(22)20-15-8-10-16(11-9-15)26(19,23)24/h2-13H,1H3,(H,20,22)(H2,19,23,24)/b12-7+/t13-/m1/s1. The van der Waals surface area contributed by atoms with Crippen molar-refractivity contribution in [2.75, 3.05) is 5.32 Å². The number of carbonyl (C=O) groups excluding carboxylic acids is 2. The van der Waals surface area contributed by atoms with Crippen molar-refractivity contribution >= 4 is 33.7 Å². The summed E-state index contributed by atoms with van der Waals surface area (Å²) < 4.78 is 27.4. The maximum atomic E-state index is 12.0. The monoisotopic (exact) mass is 374 g/mol. The van der Waals surface area contributed by atoms with Crippen LogP contribution in [0.4, 0.5) is 5.69 Å². The fourth-order valence-electron chi connectivity index (χ4n) is 1.97. The lowest BCUT2D eigenvalue weighted by Crippen LogP contribution is -2.29. The van der Waals surface area contributed by atoms with E-state index in [4.69, 9.17) is 9.88 Å². The number of amides is 1. The molecule has 2 aromatic rings. The van der Waals surface area contributed by atoms with Crippen LogP contribution in [-0.2, 0) is 24.3 Å². The molecule has 1 amide bonds. The molecule has 0 aromatic heterocycles. The molecule has 0 spiro atoms. The summed E-state index contributed by atoms with van der Waals surface area (Å²) in [7, 11) is -3.80. The summed E-state index contributed by atoms with van der Waals surface area (Å²) in [6.07, 6.45) is 1.79. The first kappa shape index (κ1) is 19.4. The van der Waals surface area contributed by atoms with Crippen molar-refractivity contribution in [3.63, 3.8) is 0 Å². The van der Waals surface area contributed by atoms with Crippen molar-refractivity contribution in [2.24, 2.45) is 5.14 Å². The molecular weight excluding hydrogens is 356 g/mol. The van der Waals surface area contributed by atoms with Crippen LogP contribution in [0.5, 0.6) is 0 Å². The van der Waals surface area contributed by atoms with Gasteiger partial charge in [-0.25, -0.2) is 18.4 Å². The topological polar surface area (TPSA) is 116 Å². The van der Waals surface area contributed by atoms with E-state index in [1.165, 1.54) is 37.3 Å². The predicted molar refractivity (Wildman–Crippen MR) is 97.5 cm³/mol. The average molecular weight is 374 g/mol. The Bertz CT molecular complexity index is 906. The number of anilines is 1. The van der Waals surface area contributed by atoms with Crippen LogP contribution in [-0.4, -0.2) is 26.4 Å². The van der Waals surface area contributed by atoms with Crippen molar-refractivity contribution in [2.45, 2.75) is 17.9 Å². The molecule has 1 atom stereocenters. The van der Waals surface area contributed by atoms with E-state index in [1.54, 1.807) is 6.08 Å². The smallest absolute Gasteiger partial charge is 0.331 e. The third kappa shape index (κ3) is 5.83. The molecule has 0 aliphatic rings. The Hall–Kier alpha value is -2.97. The Morgan fingerprint density at radius 1 is 1.08 bits per heavy atom. The van der Waals surface area contributed by atoms with Crippen LogP contribution in [0, 0.1) is 0 Å². The number of nitrogens with one attached hydrogen (secondary N) is 1. The second-order valence-electron chi connectivity index (χ2n) is 5.38. The summed E-state index contributed by atoms with van der Waals surface area (Å²) in [6, 6.07) is 14.5. The maximum absolute atomic E-state index is 12.0. The molecule has 0 bridgehead atoms. The second kappa shape index (κ2) is 8.41. The first-order valence-corrected chi connectivity index (χ1v) is 9.18. The van der Waals surface area contributed by atoms with Gasteiger partial charge in [-0.15, -0.1) is 0 Å². The van der Waals surface area contributed by atoms with Crippen molar-refractivity contribution in [1.82, 2.24) is 0 Å². The number of sulfonamides is 1. The number of benzene rings is 2. The lowest BCUT2D eigenvalue weighted by molar-refractivity contribution is -0.148. The summed E-state index contributed by atoms with van der Waals surface area (Å²) in [5, 5.41) is 7.53. The summed E-state index contributed by atoms with van der Waals surface area (Å²) in [6.45, 7) is 1.43. The Labute approximate surface area is 151 Å². The van der Waals surface area contributed by atoms with Gasteiger partial charge in [0, 0.05) is 11.8 Å². The molecule has 2 aromatic carbocycles. The quantitative estimate of drug-likeness (QED) is 0.592. The average Bonchev–Trinajstić information content (AvgIpc) is 2.60. The minimum Gasteiger partial charge on any atom is -0.449 e. The Balaban J connectivity index is 1.91. The minimum absolute atomic E-state index is 0.0685. The third-order valence-corrected chi connectivity index (χ3v) is 4.25. The maximum Gasteiger partial charge on any atom is 0.331 e. The van der Waals surface area contributed by atoms with Crippen LogP contribution < -0.4 is 10.5 Å². The number of hydrogen-bond donors (Lipinski definition) is 2. The molecule has 0 unspecified atom stereocenters. The van der Waals surface area contributed by atoms with Gasteiger partial charge in [-0.2, -0.15) is 0 Å². The van der Waals surface area contributed by atoms with E-state index in [9.17, 15) is 18.0 Å². The van der Waals surface area contributed by atoms with Gasteiger partial charge in [0.15, 0.2) is 6.10 Å². The van der Waals surface area contributed by atoms with Gasteiger partial charge in [-0.05, 0) is 42.8 Å². The fraction of sp³-hybridized carbons (Fsp3) is 0.111. The molecule has 0 saturated heterocycles. The summed E-state index contributed by atoms with van der Waals surface area (Å²) in [5.74, 6) is -1.20. The highest BCUT2D eigenvalue weighted by Crippen LogP contribution is 2.13. The van der Waals surface area contributed by atoms with Crippen molar-refractivity contribution in [1.29, 1.82) is 0 Å². The Morgan fingerprint density at radius 2 is 1.69 bits per heavy atom. The SMILES string of the molecule is C[C@@H](OC(=O)/C=C/c1ccccc1)C(=O)Nc1ccc(S(N)(=O)=O)cc1. The Morgan fingerprint density at radius 3 is 2.27 bits per heavy atom. The number of primary sulfonamides is 1. The van der Waals surface area contributed by atoms with Crippen LogP contribution in [0.15, 0.2) is 65.6 Å². The van der Waals surface area contributed by atoms with E-state index in [2.05, 4.69) is 5.32 Å². The van der Waals surface area contributed by atoms with Crippen LogP contribution in [0.1, 0.15) is 12.5 Å². The van der Waals surface area contributed by atoms with Gasteiger partial charge in [0.1, 0.15) is 0 Å². The lowest BCUT2D eigenvalue weighted by atomic mass is 10.2. The van der Waals surface area contributed by atoms with E-state index in [0.717, 1.165) is 5.56 Å². The van der Waals surface area contributed by atoms with Crippen LogP contribution in [0.3, 0.4) is 0 Å². The van der Waals surface area contributed by atoms with Crippen LogP contribution in [0.2, 0.25) is 0 Å². The molecule has 2 rings (SSSR count). The number of hydrogen-bond acceptors (Lipinski definition) is 5. The van der Waals surface area contributed by atoms with Gasteiger partial charge < -0.3 is 10.1 Å². The molecule has 0 aliphatic carbocycles. The van der Waals surface area contributed by atoms with E-state index in [1.807, 2.05) is 30.3 Å². The van der Waals surface area contributed by atoms with Crippen LogP contribution in [0.25, 0.3) is 6.08 Å². The van der Waals surface area contributed by atoms with E-state index < -0.39 is 28.0 Å². The van der Waals surface area contributed by atoms with Crippen LogP contribution >= 0.6 is 0 Å². The zero-order valence-electron chi connectivity index (χ0n) is 14.0. The normalized spacial score (nSPS) is 12.5. The van der Waals surface area contributed by atoms with Gasteiger partial charge in [0.05, 0.1) is 4.90 Å². The molecule has 0 saturated carbocycles. The van der Waals surface area contributed by atoms with Gasteiger partial charge in [-0.1, -0.05) is 30.3 Å². The molecule has 26 heavy (non-hydrogen) atoms. The molecule has 7 nitrogen and oxygen atoms in total. The van der Waals surface area contributed by atoms with Gasteiger partial charge in [0.25, 0.3) is 5.91 Å². The predicted octanol–water partition coefficient (Wildman–Crippen LogP) is 1.92. The molecule has 0 heterocycles. The molecule has 8 heteroatoms. The van der Waals surface area contributed by atoms with Gasteiger partial charge in [-0.3, -0.25) is 4.79 Å². The molecule has 0 fully saturated rings. The number of rotatable bonds is 6. The molecular formula is C18H18N2O5S. The summed E-state index contributed by atoms with van der Waals surface area (Å²) in [5.41, 5.74) is 1.18. The second-order valence-corrected chi connectivity index (χ2v) is 6.94. The number of carbonyl (C=O) groups is 2. The summed E-state index contributed by atoms with van der Waals surface area (Å²) >= 11 is 0. The number of ether oxygens (including phenoxy) is 1. The number of nitrogens with two attached hydrogens (primary N) is 1.